The van der Waals surface area contributed by atoms with Crippen LogP contribution in [0.25, 0.3) is 0 Å². The van der Waals surface area contributed by atoms with Gasteiger partial charge in [0, 0.05) is 44.5 Å². The number of amides is 2. The molecule has 0 aliphatic carbocycles. The summed E-state index contributed by atoms with van der Waals surface area (Å²) in [7, 11) is 1.68. The van der Waals surface area contributed by atoms with Crippen molar-refractivity contribution in [3.05, 3.63) is 59.7 Å². The summed E-state index contributed by atoms with van der Waals surface area (Å²) in [4.78, 5) is 16.5. The van der Waals surface area contributed by atoms with Gasteiger partial charge in [-0.15, -0.1) is 0 Å². The van der Waals surface area contributed by atoms with E-state index in [4.69, 9.17) is 4.74 Å². The van der Waals surface area contributed by atoms with Crippen LogP contribution in [0.15, 0.2) is 48.5 Å². The average Bonchev–Trinajstić information content (AvgIpc) is 2.67. The first-order valence-electron chi connectivity index (χ1n) is 8.63. The summed E-state index contributed by atoms with van der Waals surface area (Å²) in [5.41, 5.74) is 3.48. The maximum atomic E-state index is 12.4. The second-order valence-electron chi connectivity index (χ2n) is 6.32. The van der Waals surface area contributed by atoms with Crippen LogP contribution in [0.5, 0.6) is 5.75 Å². The lowest BCUT2D eigenvalue weighted by Crippen LogP contribution is -2.51. The molecule has 0 radical (unpaired) electrons. The summed E-state index contributed by atoms with van der Waals surface area (Å²) in [6.07, 6.45) is 0. The molecular formula is C20H25N3O2. The van der Waals surface area contributed by atoms with Crippen molar-refractivity contribution >= 4 is 11.7 Å². The van der Waals surface area contributed by atoms with Gasteiger partial charge in [-0.3, -0.25) is 0 Å². The first-order valence-corrected chi connectivity index (χ1v) is 8.63. The van der Waals surface area contributed by atoms with Crippen molar-refractivity contribution in [3.63, 3.8) is 0 Å². The fourth-order valence-electron chi connectivity index (χ4n) is 2.97. The van der Waals surface area contributed by atoms with E-state index in [1.54, 1.807) is 7.11 Å². The van der Waals surface area contributed by atoms with Gasteiger partial charge in [0.2, 0.25) is 0 Å². The van der Waals surface area contributed by atoms with Gasteiger partial charge in [0.15, 0.2) is 0 Å². The van der Waals surface area contributed by atoms with E-state index in [1.807, 2.05) is 23.1 Å². The van der Waals surface area contributed by atoms with E-state index < -0.39 is 0 Å². The predicted octanol–water partition coefficient (Wildman–Crippen LogP) is 3.04. The minimum atomic E-state index is 0.00543. The molecule has 132 valence electrons. The molecule has 1 N–H and O–H groups in total. The van der Waals surface area contributed by atoms with E-state index in [-0.39, 0.29) is 6.03 Å². The molecule has 2 aromatic carbocycles. The highest BCUT2D eigenvalue weighted by Gasteiger charge is 2.21. The highest BCUT2D eigenvalue weighted by molar-refractivity contribution is 5.74. The number of urea groups is 1. The normalized spacial score (nSPS) is 14.3. The number of carbonyl (C=O) groups excluding carboxylic acids is 1. The fraction of sp³-hybridized carbons (Fsp3) is 0.350. The number of benzene rings is 2. The van der Waals surface area contributed by atoms with Crippen LogP contribution in [0.2, 0.25) is 0 Å². The van der Waals surface area contributed by atoms with Crippen molar-refractivity contribution in [3.8, 4) is 5.75 Å². The number of anilines is 1. The second kappa shape index (κ2) is 7.92. The van der Waals surface area contributed by atoms with Gasteiger partial charge < -0.3 is 19.9 Å². The average molecular weight is 339 g/mol. The summed E-state index contributed by atoms with van der Waals surface area (Å²) in [5.74, 6) is 0.857. The molecule has 2 amide bonds. The zero-order chi connectivity index (χ0) is 17.6. The van der Waals surface area contributed by atoms with E-state index in [9.17, 15) is 4.79 Å². The van der Waals surface area contributed by atoms with Crippen LogP contribution in [-0.4, -0.2) is 44.2 Å². The van der Waals surface area contributed by atoms with Crippen molar-refractivity contribution < 1.29 is 9.53 Å². The molecule has 1 aliphatic heterocycles. The van der Waals surface area contributed by atoms with Crippen LogP contribution in [-0.2, 0) is 6.54 Å². The summed E-state index contributed by atoms with van der Waals surface area (Å²) in [6.45, 7) is 5.71. The summed E-state index contributed by atoms with van der Waals surface area (Å²) >= 11 is 0. The molecule has 1 aliphatic rings. The Kier molecular flexibility index (Phi) is 5.43. The molecule has 5 nitrogen and oxygen atoms in total. The van der Waals surface area contributed by atoms with E-state index in [2.05, 4.69) is 47.5 Å². The lowest BCUT2D eigenvalue weighted by atomic mass is 10.1. The van der Waals surface area contributed by atoms with E-state index in [1.165, 1.54) is 5.56 Å². The van der Waals surface area contributed by atoms with Crippen LogP contribution >= 0.6 is 0 Å². The Morgan fingerprint density at radius 3 is 2.48 bits per heavy atom. The highest BCUT2D eigenvalue weighted by atomic mass is 16.5. The summed E-state index contributed by atoms with van der Waals surface area (Å²) < 4.78 is 5.29. The monoisotopic (exact) mass is 339 g/mol. The zero-order valence-electron chi connectivity index (χ0n) is 14.9. The Bertz CT molecular complexity index is 707. The SMILES string of the molecule is COc1cccc(N2CCN(C(=O)NCc3ccc(C)cc3)CC2)c1. The van der Waals surface area contributed by atoms with Gasteiger partial charge in [0.25, 0.3) is 0 Å². The first kappa shape index (κ1) is 17.1. The summed E-state index contributed by atoms with van der Waals surface area (Å²) in [5, 5.41) is 3.01. The van der Waals surface area contributed by atoms with Crippen molar-refractivity contribution in [1.82, 2.24) is 10.2 Å². The molecule has 5 heteroatoms. The Balaban J connectivity index is 1.49. The fourth-order valence-corrected chi connectivity index (χ4v) is 2.97. The van der Waals surface area contributed by atoms with Crippen molar-refractivity contribution in [2.75, 3.05) is 38.2 Å². The third-order valence-corrected chi connectivity index (χ3v) is 4.55. The van der Waals surface area contributed by atoms with Crippen LogP contribution in [0.3, 0.4) is 0 Å². The quantitative estimate of drug-likeness (QED) is 0.931. The molecule has 1 heterocycles. The first-order chi connectivity index (χ1) is 12.2. The second-order valence-corrected chi connectivity index (χ2v) is 6.32. The maximum Gasteiger partial charge on any atom is 0.317 e. The zero-order valence-corrected chi connectivity index (χ0v) is 14.9. The molecule has 0 saturated carbocycles. The molecule has 0 atom stereocenters. The molecule has 2 aromatic rings. The van der Waals surface area contributed by atoms with Crippen LogP contribution < -0.4 is 15.0 Å². The molecule has 0 spiro atoms. The smallest absolute Gasteiger partial charge is 0.317 e. The number of hydrogen-bond acceptors (Lipinski definition) is 3. The third kappa shape index (κ3) is 4.44. The van der Waals surface area contributed by atoms with E-state index in [0.717, 1.165) is 43.2 Å². The van der Waals surface area contributed by atoms with E-state index in [0.29, 0.717) is 6.54 Å². The molecule has 0 unspecified atom stereocenters. The molecule has 1 saturated heterocycles. The Morgan fingerprint density at radius 2 is 1.80 bits per heavy atom. The Hall–Kier alpha value is -2.69. The number of nitrogens with zero attached hydrogens (tertiary/aromatic N) is 2. The molecule has 3 rings (SSSR count). The van der Waals surface area contributed by atoms with Crippen molar-refractivity contribution in [1.29, 1.82) is 0 Å². The number of ether oxygens (including phenoxy) is 1. The molecule has 1 fully saturated rings. The maximum absolute atomic E-state index is 12.4. The molecular weight excluding hydrogens is 314 g/mol. The van der Waals surface area contributed by atoms with Gasteiger partial charge >= 0.3 is 6.03 Å². The van der Waals surface area contributed by atoms with Crippen molar-refractivity contribution in [2.45, 2.75) is 13.5 Å². The third-order valence-electron chi connectivity index (χ3n) is 4.55. The van der Waals surface area contributed by atoms with Gasteiger partial charge in [-0.05, 0) is 24.6 Å². The Morgan fingerprint density at radius 1 is 1.08 bits per heavy atom. The van der Waals surface area contributed by atoms with Gasteiger partial charge in [-0.1, -0.05) is 35.9 Å². The van der Waals surface area contributed by atoms with Crippen LogP contribution in [0, 0.1) is 6.92 Å². The molecule has 25 heavy (non-hydrogen) atoms. The lowest BCUT2D eigenvalue weighted by Gasteiger charge is -2.36. The Labute approximate surface area is 149 Å². The largest absolute Gasteiger partial charge is 0.497 e. The minimum absolute atomic E-state index is 0.00543. The summed E-state index contributed by atoms with van der Waals surface area (Å²) in [6, 6.07) is 16.3. The number of carbonyl (C=O) groups is 1. The lowest BCUT2D eigenvalue weighted by molar-refractivity contribution is 0.194. The molecule has 0 aromatic heterocycles. The van der Waals surface area contributed by atoms with E-state index >= 15 is 0 Å². The van der Waals surface area contributed by atoms with Gasteiger partial charge in [0.1, 0.15) is 5.75 Å². The number of rotatable bonds is 4. The van der Waals surface area contributed by atoms with Gasteiger partial charge in [-0.25, -0.2) is 4.79 Å². The number of methoxy groups -OCH3 is 1. The topological polar surface area (TPSA) is 44.8 Å². The number of aryl methyl sites for hydroxylation is 1. The number of piperazine rings is 1. The highest BCUT2D eigenvalue weighted by Crippen LogP contribution is 2.22. The van der Waals surface area contributed by atoms with Crippen LogP contribution in [0.4, 0.5) is 10.5 Å². The molecule has 0 bridgehead atoms. The van der Waals surface area contributed by atoms with Gasteiger partial charge in [-0.2, -0.15) is 0 Å². The number of hydrogen-bond donors (Lipinski definition) is 1. The number of nitrogens with one attached hydrogen (secondary N) is 1. The van der Waals surface area contributed by atoms with Gasteiger partial charge in [0.05, 0.1) is 7.11 Å². The standard InChI is InChI=1S/C20H25N3O2/c1-16-6-8-17(9-7-16)15-21-20(24)23-12-10-22(11-13-23)18-4-3-5-19(14-18)25-2/h3-9,14H,10-13,15H2,1-2H3,(H,21,24). The van der Waals surface area contributed by atoms with Crippen molar-refractivity contribution in [2.24, 2.45) is 0 Å². The van der Waals surface area contributed by atoms with Crippen LogP contribution in [0.1, 0.15) is 11.1 Å². The minimum Gasteiger partial charge on any atom is -0.497 e. The predicted molar refractivity (Wildman–Crippen MR) is 100 cm³/mol.